The first-order valence-electron chi connectivity index (χ1n) is 2.57. The molecule has 0 amide bonds. The number of alkyl halides is 1. The Balaban J connectivity index is 2.85. The molecule has 0 saturated heterocycles. The maximum Gasteiger partial charge on any atom is 0.174 e. The summed E-state index contributed by atoms with van der Waals surface area (Å²) in [5, 5.41) is 2.24. The predicted octanol–water partition coefficient (Wildman–Crippen LogP) is 3.09. The molecule has 1 aromatic heterocycles. The average molecular weight is 284 g/mol. The smallest absolute Gasteiger partial charge is 0.174 e. The van der Waals surface area contributed by atoms with Gasteiger partial charge in [0.25, 0.3) is 0 Å². The Morgan fingerprint density at radius 3 is 2.80 bits per heavy atom. The summed E-state index contributed by atoms with van der Waals surface area (Å²) in [6.07, 6.45) is 0. The highest BCUT2D eigenvalue weighted by molar-refractivity contribution is 9.11. The number of hydrogen-bond acceptors (Lipinski definition) is 2. The molecule has 1 rings (SSSR count). The van der Waals surface area contributed by atoms with E-state index in [2.05, 4.69) is 31.9 Å². The molecule has 0 unspecified atom stereocenters. The quantitative estimate of drug-likeness (QED) is 0.602. The first-order chi connectivity index (χ1) is 4.74. The van der Waals surface area contributed by atoms with E-state index >= 15 is 0 Å². The van der Waals surface area contributed by atoms with Crippen LogP contribution in [0.4, 0.5) is 0 Å². The van der Waals surface area contributed by atoms with Gasteiger partial charge in [-0.2, -0.15) is 0 Å². The van der Waals surface area contributed by atoms with Crippen LogP contribution in [-0.4, -0.2) is 11.1 Å². The van der Waals surface area contributed by atoms with Crippen molar-refractivity contribution in [2.45, 2.75) is 0 Å². The van der Waals surface area contributed by atoms with Crippen molar-refractivity contribution >= 4 is 49.0 Å². The van der Waals surface area contributed by atoms with Gasteiger partial charge in [-0.05, 0) is 22.0 Å². The van der Waals surface area contributed by atoms with Crippen molar-refractivity contribution in [2.75, 3.05) is 5.33 Å². The third-order valence-electron chi connectivity index (χ3n) is 1.01. The number of Topliss-reactive ketones (excluding diaryl/α,β-unsaturated/α-hetero) is 1. The number of rotatable bonds is 2. The third kappa shape index (κ3) is 1.90. The Morgan fingerprint density at radius 1 is 1.70 bits per heavy atom. The molecule has 1 aromatic rings. The number of hydrogen-bond donors (Lipinski definition) is 0. The van der Waals surface area contributed by atoms with E-state index in [1.165, 1.54) is 11.3 Å². The number of halogens is 2. The van der Waals surface area contributed by atoms with E-state index in [1.807, 2.05) is 11.4 Å². The second kappa shape index (κ2) is 3.64. The van der Waals surface area contributed by atoms with E-state index in [0.717, 1.165) is 9.35 Å². The summed E-state index contributed by atoms with van der Waals surface area (Å²) in [4.78, 5) is 11.0. The molecule has 1 nitrogen and oxygen atoms in total. The van der Waals surface area contributed by atoms with E-state index in [4.69, 9.17) is 0 Å². The largest absolute Gasteiger partial charge is 0.293 e. The van der Waals surface area contributed by atoms with Gasteiger partial charge in [-0.3, -0.25) is 4.79 Å². The Hall–Kier alpha value is 0.330. The van der Waals surface area contributed by atoms with Crippen molar-refractivity contribution in [2.24, 2.45) is 0 Å². The van der Waals surface area contributed by atoms with Gasteiger partial charge in [0.1, 0.15) is 0 Å². The van der Waals surface area contributed by atoms with E-state index in [-0.39, 0.29) is 5.78 Å². The minimum Gasteiger partial charge on any atom is -0.293 e. The van der Waals surface area contributed by atoms with Gasteiger partial charge in [-0.25, -0.2) is 0 Å². The normalized spacial score (nSPS) is 9.80. The van der Waals surface area contributed by atoms with Gasteiger partial charge < -0.3 is 0 Å². The molecule has 0 atom stereocenters. The van der Waals surface area contributed by atoms with Crippen LogP contribution < -0.4 is 0 Å². The van der Waals surface area contributed by atoms with Gasteiger partial charge in [0.05, 0.1) is 9.12 Å². The number of thiophene rings is 1. The fourth-order valence-corrected chi connectivity index (χ4v) is 2.02. The van der Waals surface area contributed by atoms with Gasteiger partial charge in [0.2, 0.25) is 0 Å². The van der Waals surface area contributed by atoms with E-state index in [9.17, 15) is 4.79 Å². The third-order valence-corrected chi connectivity index (χ3v) is 3.02. The molecule has 0 spiro atoms. The molecule has 0 aliphatic carbocycles. The molecule has 54 valence electrons. The minimum absolute atomic E-state index is 0.127. The molecule has 0 aromatic carbocycles. The summed E-state index contributed by atoms with van der Waals surface area (Å²) in [5.41, 5.74) is 0.772. The van der Waals surface area contributed by atoms with Crippen LogP contribution in [0.3, 0.4) is 0 Å². The van der Waals surface area contributed by atoms with Gasteiger partial charge in [-0.15, -0.1) is 11.3 Å². The van der Waals surface area contributed by atoms with Crippen LogP contribution in [-0.2, 0) is 0 Å². The highest BCUT2D eigenvalue weighted by Crippen LogP contribution is 2.21. The van der Waals surface area contributed by atoms with E-state index < -0.39 is 0 Å². The zero-order chi connectivity index (χ0) is 7.56. The fraction of sp³-hybridized carbons (Fsp3) is 0.167. The topological polar surface area (TPSA) is 17.1 Å². The SMILES string of the molecule is O=C(CBr)c1csc(Br)c1. The lowest BCUT2D eigenvalue weighted by Crippen LogP contribution is -1.96. The van der Waals surface area contributed by atoms with Crippen molar-refractivity contribution in [3.8, 4) is 0 Å². The van der Waals surface area contributed by atoms with Crippen molar-refractivity contribution in [1.29, 1.82) is 0 Å². The zero-order valence-corrected chi connectivity index (χ0v) is 8.92. The fourth-order valence-electron chi connectivity index (χ4n) is 0.533. The van der Waals surface area contributed by atoms with Crippen molar-refractivity contribution in [3.05, 3.63) is 20.8 Å². The molecule has 0 aliphatic heterocycles. The highest BCUT2D eigenvalue weighted by atomic mass is 79.9. The lowest BCUT2D eigenvalue weighted by atomic mass is 10.2. The minimum atomic E-state index is 0.127. The molecular weight excluding hydrogens is 280 g/mol. The molecule has 1 heterocycles. The number of ketones is 1. The second-order valence-electron chi connectivity index (χ2n) is 1.70. The summed E-state index contributed by atoms with van der Waals surface area (Å²) < 4.78 is 0.997. The van der Waals surface area contributed by atoms with Crippen LogP contribution in [0, 0.1) is 0 Å². The standard InChI is InChI=1S/C6H4Br2OS/c7-2-5(9)4-1-6(8)10-3-4/h1,3H,2H2. The molecular formula is C6H4Br2OS. The predicted molar refractivity (Wildman–Crippen MR) is 50.1 cm³/mol. The van der Waals surface area contributed by atoms with Crippen LogP contribution in [0.5, 0.6) is 0 Å². The summed E-state index contributed by atoms with van der Waals surface area (Å²) in [7, 11) is 0. The Kier molecular flexibility index (Phi) is 3.07. The summed E-state index contributed by atoms with van der Waals surface area (Å²) in [6.45, 7) is 0. The second-order valence-corrected chi connectivity index (χ2v) is 4.55. The zero-order valence-electron chi connectivity index (χ0n) is 4.93. The van der Waals surface area contributed by atoms with Crippen LogP contribution in [0.25, 0.3) is 0 Å². The Labute approximate surface area is 79.7 Å². The molecule has 0 radical (unpaired) electrons. The Bertz CT molecular complexity index is 244. The van der Waals surface area contributed by atoms with Gasteiger partial charge in [-0.1, -0.05) is 15.9 Å². The maximum absolute atomic E-state index is 11.0. The molecule has 0 N–H and O–H groups in total. The van der Waals surface area contributed by atoms with Crippen LogP contribution in [0.2, 0.25) is 0 Å². The van der Waals surface area contributed by atoms with Crippen LogP contribution >= 0.6 is 43.2 Å². The lowest BCUT2D eigenvalue weighted by Gasteiger charge is -1.86. The monoisotopic (exact) mass is 282 g/mol. The molecule has 10 heavy (non-hydrogen) atoms. The van der Waals surface area contributed by atoms with Gasteiger partial charge in [0.15, 0.2) is 5.78 Å². The molecule has 0 bridgehead atoms. The molecule has 0 aliphatic rings. The van der Waals surface area contributed by atoms with Gasteiger partial charge in [0, 0.05) is 10.9 Å². The van der Waals surface area contributed by atoms with Crippen LogP contribution in [0.15, 0.2) is 15.2 Å². The lowest BCUT2D eigenvalue weighted by molar-refractivity contribution is 0.102. The Morgan fingerprint density at radius 2 is 2.40 bits per heavy atom. The number of carbonyl (C=O) groups excluding carboxylic acids is 1. The highest BCUT2D eigenvalue weighted by Gasteiger charge is 2.04. The van der Waals surface area contributed by atoms with Crippen LogP contribution in [0.1, 0.15) is 10.4 Å². The molecule has 0 fully saturated rings. The number of carbonyl (C=O) groups is 1. The van der Waals surface area contributed by atoms with Crippen molar-refractivity contribution in [3.63, 3.8) is 0 Å². The summed E-state index contributed by atoms with van der Waals surface area (Å²) in [6, 6.07) is 1.83. The van der Waals surface area contributed by atoms with Crippen molar-refractivity contribution < 1.29 is 4.79 Å². The van der Waals surface area contributed by atoms with Crippen molar-refractivity contribution in [1.82, 2.24) is 0 Å². The molecule has 4 heteroatoms. The van der Waals surface area contributed by atoms with E-state index in [1.54, 1.807) is 0 Å². The first kappa shape index (κ1) is 8.43. The summed E-state index contributed by atoms with van der Waals surface area (Å²) >= 11 is 7.90. The average Bonchev–Trinajstić information content (AvgIpc) is 2.34. The van der Waals surface area contributed by atoms with Gasteiger partial charge >= 0.3 is 0 Å². The van der Waals surface area contributed by atoms with E-state index in [0.29, 0.717) is 5.33 Å². The first-order valence-corrected chi connectivity index (χ1v) is 5.36. The molecule has 0 saturated carbocycles. The maximum atomic E-state index is 11.0. The summed E-state index contributed by atoms with van der Waals surface area (Å²) in [5.74, 6) is 0.127.